The maximum atomic E-state index is 13.5. The predicted octanol–water partition coefficient (Wildman–Crippen LogP) is 4.56. The van der Waals surface area contributed by atoms with Crippen LogP contribution < -0.4 is 16.2 Å². The first-order valence-corrected chi connectivity index (χ1v) is 15.4. The lowest BCUT2D eigenvalue weighted by atomic mass is 9.81. The molecule has 1 saturated heterocycles. The lowest BCUT2D eigenvalue weighted by Gasteiger charge is -2.28. The summed E-state index contributed by atoms with van der Waals surface area (Å²) in [5.74, 6) is 0.328. The van der Waals surface area contributed by atoms with Crippen LogP contribution in [-0.4, -0.2) is 46.4 Å². The average molecular weight is 583 g/mol. The highest BCUT2D eigenvalue weighted by Gasteiger charge is 2.28. The molecule has 0 bridgehead atoms. The van der Waals surface area contributed by atoms with Crippen molar-refractivity contribution in [3.8, 4) is 0 Å². The lowest BCUT2D eigenvalue weighted by Crippen LogP contribution is -2.35. The third-order valence-electron chi connectivity index (χ3n) is 7.78. The zero-order valence-electron chi connectivity index (χ0n) is 22.4. The van der Waals surface area contributed by atoms with Crippen molar-refractivity contribution in [2.75, 3.05) is 18.9 Å². The molecule has 2 aromatic carbocycles. The number of benzene rings is 2. The number of carbonyl (C=O) groups is 2. The maximum Gasteiger partial charge on any atom is 0.262 e. The highest BCUT2D eigenvalue weighted by molar-refractivity contribution is 7.99. The van der Waals surface area contributed by atoms with E-state index >= 15 is 0 Å². The van der Waals surface area contributed by atoms with Crippen LogP contribution >= 0.6 is 23.4 Å². The van der Waals surface area contributed by atoms with Crippen molar-refractivity contribution in [3.05, 3.63) is 69.5 Å². The number of thioether (sulfide) groups is 1. The largest absolute Gasteiger partial charge is 0.376 e. The minimum absolute atomic E-state index is 0.0492. The van der Waals surface area contributed by atoms with Crippen LogP contribution in [0.15, 0.2) is 58.5 Å². The molecule has 10 heteroatoms. The van der Waals surface area contributed by atoms with Crippen molar-refractivity contribution < 1.29 is 14.3 Å². The van der Waals surface area contributed by atoms with E-state index in [2.05, 4.69) is 10.6 Å². The van der Waals surface area contributed by atoms with Crippen molar-refractivity contribution in [1.82, 2.24) is 20.2 Å². The highest BCUT2D eigenvalue weighted by atomic mass is 35.5. The molecule has 2 amide bonds. The van der Waals surface area contributed by atoms with E-state index in [-0.39, 0.29) is 41.1 Å². The minimum atomic E-state index is -0.0993. The number of amides is 2. The van der Waals surface area contributed by atoms with Crippen molar-refractivity contribution in [3.63, 3.8) is 0 Å². The number of para-hydroxylation sites is 1. The Morgan fingerprint density at radius 1 is 1.02 bits per heavy atom. The van der Waals surface area contributed by atoms with Crippen molar-refractivity contribution in [2.45, 2.75) is 62.9 Å². The molecule has 1 atom stereocenters. The zero-order valence-corrected chi connectivity index (χ0v) is 24.0. The molecular weight excluding hydrogens is 548 g/mol. The molecule has 1 aliphatic heterocycles. The summed E-state index contributed by atoms with van der Waals surface area (Å²) in [4.78, 5) is 43.6. The molecule has 40 heavy (non-hydrogen) atoms. The second kappa shape index (κ2) is 13.7. The molecule has 2 aliphatic rings. The summed E-state index contributed by atoms with van der Waals surface area (Å²) in [6, 6.07) is 14.8. The number of hydrogen-bond acceptors (Lipinski definition) is 6. The van der Waals surface area contributed by atoms with Crippen molar-refractivity contribution >= 4 is 46.1 Å². The number of halogens is 1. The number of nitrogens with one attached hydrogen (secondary N) is 2. The Kier molecular flexibility index (Phi) is 9.78. The molecule has 0 unspecified atom stereocenters. The van der Waals surface area contributed by atoms with E-state index in [9.17, 15) is 14.4 Å². The first-order chi connectivity index (χ1) is 19.5. The van der Waals surface area contributed by atoms with E-state index in [4.69, 9.17) is 21.3 Å². The van der Waals surface area contributed by atoms with E-state index in [1.807, 2.05) is 42.5 Å². The molecule has 8 nitrogen and oxygen atoms in total. The number of aromatic nitrogens is 2. The van der Waals surface area contributed by atoms with Gasteiger partial charge in [-0.2, -0.15) is 0 Å². The van der Waals surface area contributed by atoms with Gasteiger partial charge in [0.25, 0.3) is 5.56 Å². The van der Waals surface area contributed by atoms with Gasteiger partial charge in [-0.3, -0.25) is 19.0 Å². The third kappa shape index (κ3) is 7.25. The van der Waals surface area contributed by atoms with Gasteiger partial charge in [-0.1, -0.05) is 53.7 Å². The highest BCUT2D eigenvalue weighted by Crippen LogP contribution is 2.31. The molecule has 3 aromatic rings. The van der Waals surface area contributed by atoms with Gasteiger partial charge in [0.1, 0.15) is 0 Å². The number of carbonyl (C=O) groups excluding carboxylic acids is 2. The third-order valence-corrected chi connectivity index (χ3v) is 9.12. The smallest absolute Gasteiger partial charge is 0.262 e. The van der Waals surface area contributed by atoms with Crippen LogP contribution in [0.5, 0.6) is 0 Å². The molecule has 2 N–H and O–H groups in total. The number of ether oxygens (including phenoxy) is 1. The normalized spacial score (nSPS) is 20.9. The Morgan fingerprint density at radius 2 is 1.80 bits per heavy atom. The topological polar surface area (TPSA) is 102 Å². The fraction of sp³-hybridized carbons (Fsp3) is 0.467. The van der Waals surface area contributed by atoms with Crippen molar-refractivity contribution in [1.29, 1.82) is 0 Å². The monoisotopic (exact) mass is 582 g/mol. The van der Waals surface area contributed by atoms with Gasteiger partial charge < -0.3 is 15.4 Å². The van der Waals surface area contributed by atoms with E-state index < -0.39 is 0 Å². The molecule has 2 heterocycles. The second-order valence-electron chi connectivity index (χ2n) is 10.6. The van der Waals surface area contributed by atoms with Gasteiger partial charge in [-0.25, -0.2) is 4.98 Å². The van der Waals surface area contributed by atoms with Gasteiger partial charge in [0, 0.05) is 37.2 Å². The van der Waals surface area contributed by atoms with Crippen LogP contribution in [0.3, 0.4) is 0 Å². The fourth-order valence-corrected chi connectivity index (χ4v) is 6.51. The predicted molar refractivity (Wildman–Crippen MR) is 157 cm³/mol. The molecule has 2 fully saturated rings. The van der Waals surface area contributed by atoms with Gasteiger partial charge in [-0.15, -0.1) is 0 Å². The standard InChI is InChI=1S/C30H35ClN4O4S/c31-25-9-3-1-6-22(25)16-33-28(37)21-13-11-20(12-14-21)18-35-29(38)24-8-2-4-10-26(24)34-30(35)40-19-27(36)32-17-23-7-5-15-39-23/h1-4,6,8-10,20-21,23H,5,7,11-19H2,(H,32,36)(H,33,37)/t20?,21?,23-/m0/s1. The molecule has 0 spiro atoms. The molecule has 1 aliphatic carbocycles. The van der Waals surface area contributed by atoms with E-state index in [0.29, 0.717) is 40.7 Å². The fourth-order valence-electron chi connectivity index (χ4n) is 5.47. The number of hydrogen-bond donors (Lipinski definition) is 2. The van der Waals surface area contributed by atoms with Crippen LogP contribution in [0.25, 0.3) is 10.9 Å². The molecule has 1 aromatic heterocycles. The Hall–Kier alpha value is -2.88. The summed E-state index contributed by atoms with van der Waals surface area (Å²) < 4.78 is 7.31. The summed E-state index contributed by atoms with van der Waals surface area (Å²) in [5, 5.41) is 7.74. The molecule has 0 radical (unpaired) electrons. The second-order valence-corrected chi connectivity index (χ2v) is 11.9. The Bertz CT molecular complexity index is 1400. The summed E-state index contributed by atoms with van der Waals surface area (Å²) in [7, 11) is 0. The molecule has 5 rings (SSSR count). The van der Waals surface area contributed by atoms with Crippen LogP contribution in [0.1, 0.15) is 44.1 Å². The van der Waals surface area contributed by atoms with E-state index in [1.54, 1.807) is 10.6 Å². The minimum Gasteiger partial charge on any atom is -0.376 e. The molecule has 212 valence electrons. The summed E-state index contributed by atoms with van der Waals surface area (Å²) >= 11 is 7.51. The quantitative estimate of drug-likeness (QED) is 0.268. The molecular formula is C30H35ClN4O4S. The first-order valence-electron chi connectivity index (χ1n) is 14.0. The Morgan fingerprint density at radius 3 is 2.58 bits per heavy atom. The van der Waals surface area contributed by atoms with Crippen LogP contribution in [0.2, 0.25) is 5.02 Å². The number of fused-ring (bicyclic) bond motifs is 1. The number of rotatable bonds is 10. The van der Waals surface area contributed by atoms with Gasteiger partial charge in [0.2, 0.25) is 11.8 Å². The van der Waals surface area contributed by atoms with Gasteiger partial charge in [0.05, 0.1) is 22.8 Å². The summed E-state index contributed by atoms with van der Waals surface area (Å²) in [6.45, 7) is 2.19. The van der Waals surface area contributed by atoms with E-state index in [1.165, 1.54) is 11.8 Å². The van der Waals surface area contributed by atoms with Gasteiger partial charge >= 0.3 is 0 Å². The average Bonchev–Trinajstić information content (AvgIpc) is 3.50. The summed E-state index contributed by atoms with van der Waals surface area (Å²) in [5.41, 5.74) is 1.44. The lowest BCUT2D eigenvalue weighted by molar-refractivity contribution is -0.126. The van der Waals surface area contributed by atoms with Gasteiger partial charge in [0.15, 0.2) is 5.16 Å². The van der Waals surface area contributed by atoms with Gasteiger partial charge in [-0.05, 0) is 68.2 Å². The summed E-state index contributed by atoms with van der Waals surface area (Å²) in [6.07, 6.45) is 5.29. The molecule has 1 saturated carbocycles. The van der Waals surface area contributed by atoms with E-state index in [0.717, 1.165) is 50.7 Å². The zero-order chi connectivity index (χ0) is 27.9. The van der Waals surface area contributed by atoms with Crippen LogP contribution in [0, 0.1) is 11.8 Å². The Labute approximate surface area is 243 Å². The maximum absolute atomic E-state index is 13.5. The SMILES string of the molecule is O=C(CSc1nc2ccccc2c(=O)n1CC1CCC(C(=O)NCc2ccccc2Cl)CC1)NC[C@@H]1CCCO1. The van der Waals surface area contributed by atoms with Crippen molar-refractivity contribution in [2.24, 2.45) is 11.8 Å². The van der Waals surface area contributed by atoms with Crippen LogP contribution in [0.4, 0.5) is 0 Å². The van der Waals surface area contributed by atoms with Crippen LogP contribution in [-0.2, 0) is 27.4 Å². The number of nitrogens with zero attached hydrogens (tertiary/aromatic N) is 2. The Balaban J connectivity index is 1.20. The first kappa shape index (κ1) is 28.6.